The van der Waals surface area contributed by atoms with Gasteiger partial charge in [-0.2, -0.15) is 0 Å². The average molecular weight is 581 g/mol. The van der Waals surface area contributed by atoms with Gasteiger partial charge < -0.3 is 24.8 Å². The van der Waals surface area contributed by atoms with Crippen molar-refractivity contribution in [2.75, 3.05) is 42.0 Å². The van der Waals surface area contributed by atoms with Crippen LogP contribution in [0.5, 0.6) is 5.75 Å². The molecule has 1 aromatic heterocycles. The van der Waals surface area contributed by atoms with E-state index in [-0.39, 0.29) is 23.3 Å². The summed E-state index contributed by atoms with van der Waals surface area (Å²) < 4.78 is 7.14. The molecule has 2 amide bonds. The Hall–Kier alpha value is -4.50. The van der Waals surface area contributed by atoms with Crippen molar-refractivity contribution < 1.29 is 14.3 Å². The lowest BCUT2D eigenvalue weighted by Gasteiger charge is -2.44. The van der Waals surface area contributed by atoms with Crippen LogP contribution < -0.4 is 25.8 Å². The van der Waals surface area contributed by atoms with Gasteiger partial charge in [-0.3, -0.25) is 14.4 Å². The summed E-state index contributed by atoms with van der Waals surface area (Å²) in [6.07, 6.45) is 2.98. The van der Waals surface area contributed by atoms with E-state index in [4.69, 9.17) is 4.74 Å². The van der Waals surface area contributed by atoms with E-state index < -0.39 is 0 Å². The van der Waals surface area contributed by atoms with E-state index in [1.165, 1.54) is 0 Å². The minimum atomic E-state index is -0.279. The largest absolute Gasteiger partial charge is 0.497 e. The molecule has 42 heavy (non-hydrogen) atoms. The molecule has 6 rings (SSSR count). The standard InChI is InChI=1S/C33H32N4O4S/c1-41-25-13-10-22(11-14-25)32(39)35-27-17-23(33(40)34-26-6-3-4-8-30(26)42-2)12-15-29(27)36-18-21-16-24(20-36)28-7-5-9-31(38)37(28)19-21/h3-15,17,21,24H,16,18-20H2,1-2H3,(H,34,40)(H,35,39). The number of carbonyl (C=O) groups excluding carboxylic acids is 2. The Balaban J connectivity index is 1.33. The average Bonchev–Trinajstić information content (AvgIpc) is 3.01. The van der Waals surface area contributed by atoms with Crippen LogP contribution in [0, 0.1) is 5.92 Å². The molecule has 2 aliphatic heterocycles. The molecule has 1 fully saturated rings. The summed E-state index contributed by atoms with van der Waals surface area (Å²) in [7, 11) is 1.58. The first-order chi connectivity index (χ1) is 20.4. The zero-order valence-electron chi connectivity index (χ0n) is 23.5. The van der Waals surface area contributed by atoms with Crippen LogP contribution in [-0.2, 0) is 6.54 Å². The molecular formula is C33H32N4O4S. The summed E-state index contributed by atoms with van der Waals surface area (Å²) in [5, 5.41) is 6.09. The van der Waals surface area contributed by atoms with Crippen molar-refractivity contribution in [1.82, 2.24) is 4.57 Å². The highest BCUT2D eigenvalue weighted by Gasteiger charge is 2.35. The highest BCUT2D eigenvalue weighted by Crippen LogP contribution is 2.39. The molecule has 0 spiro atoms. The molecule has 1 saturated heterocycles. The lowest BCUT2D eigenvalue weighted by Crippen LogP contribution is -2.47. The number of pyridine rings is 1. The number of aromatic nitrogens is 1. The van der Waals surface area contributed by atoms with E-state index in [1.807, 2.05) is 53.3 Å². The van der Waals surface area contributed by atoms with E-state index in [2.05, 4.69) is 15.5 Å². The topological polar surface area (TPSA) is 92.7 Å². The minimum Gasteiger partial charge on any atom is -0.497 e. The summed E-state index contributed by atoms with van der Waals surface area (Å²) in [5.41, 5.74) is 4.16. The normalized spacial score (nSPS) is 17.2. The number of anilines is 3. The van der Waals surface area contributed by atoms with E-state index in [1.54, 1.807) is 61.3 Å². The Bertz CT molecular complexity index is 1700. The van der Waals surface area contributed by atoms with Gasteiger partial charge in [0.05, 0.1) is 24.2 Å². The summed E-state index contributed by atoms with van der Waals surface area (Å²) in [4.78, 5) is 42.5. The van der Waals surface area contributed by atoms with Gasteiger partial charge in [0.15, 0.2) is 0 Å². The number of rotatable bonds is 7. The van der Waals surface area contributed by atoms with Crippen molar-refractivity contribution in [1.29, 1.82) is 0 Å². The summed E-state index contributed by atoms with van der Waals surface area (Å²) in [6, 6.07) is 25.5. The monoisotopic (exact) mass is 580 g/mol. The molecule has 2 N–H and O–H groups in total. The van der Waals surface area contributed by atoms with Crippen LogP contribution >= 0.6 is 11.8 Å². The molecule has 8 nitrogen and oxygen atoms in total. The molecule has 9 heteroatoms. The lowest BCUT2D eigenvalue weighted by molar-refractivity contribution is 0.101. The van der Waals surface area contributed by atoms with Gasteiger partial charge in [-0.25, -0.2) is 0 Å². The van der Waals surface area contributed by atoms with Crippen LogP contribution in [0.15, 0.2) is 94.6 Å². The van der Waals surface area contributed by atoms with Crippen molar-refractivity contribution in [2.45, 2.75) is 23.8 Å². The number of methoxy groups -OCH3 is 1. The number of nitrogens with one attached hydrogen (secondary N) is 2. The van der Waals surface area contributed by atoms with Gasteiger partial charge in [0.1, 0.15) is 5.75 Å². The smallest absolute Gasteiger partial charge is 0.255 e. The van der Waals surface area contributed by atoms with Gasteiger partial charge in [0, 0.05) is 53.3 Å². The highest BCUT2D eigenvalue weighted by atomic mass is 32.2. The van der Waals surface area contributed by atoms with E-state index in [9.17, 15) is 14.4 Å². The number of hydrogen-bond acceptors (Lipinski definition) is 6. The predicted molar refractivity (Wildman–Crippen MR) is 167 cm³/mol. The number of hydrogen-bond donors (Lipinski definition) is 2. The number of fused-ring (bicyclic) bond motifs is 4. The van der Waals surface area contributed by atoms with Crippen LogP contribution in [0.2, 0.25) is 0 Å². The maximum Gasteiger partial charge on any atom is 0.255 e. The number of carbonyl (C=O) groups is 2. The Labute approximate surface area is 248 Å². The molecule has 2 aliphatic rings. The first-order valence-corrected chi connectivity index (χ1v) is 15.1. The molecule has 214 valence electrons. The van der Waals surface area contributed by atoms with Crippen LogP contribution in [0.25, 0.3) is 0 Å². The minimum absolute atomic E-state index is 0.0431. The fraction of sp³-hybridized carbons (Fsp3) is 0.242. The highest BCUT2D eigenvalue weighted by molar-refractivity contribution is 7.98. The number of piperidine rings is 1. The Morgan fingerprint density at radius 1 is 0.833 bits per heavy atom. The molecule has 2 atom stereocenters. The predicted octanol–water partition coefficient (Wildman–Crippen LogP) is 5.71. The molecule has 2 bridgehead atoms. The third-order valence-corrected chi connectivity index (χ3v) is 8.83. The quantitative estimate of drug-likeness (QED) is 0.272. The SMILES string of the molecule is COc1ccc(C(=O)Nc2cc(C(=O)Nc3ccccc3SC)ccc2N2CC3CC(C2)c2cccc(=O)n2C3)cc1. The number of amides is 2. The van der Waals surface area contributed by atoms with E-state index in [0.29, 0.717) is 41.6 Å². The number of para-hydroxylation sites is 1. The third-order valence-electron chi connectivity index (χ3n) is 8.03. The van der Waals surface area contributed by atoms with Gasteiger partial charge in [-0.15, -0.1) is 11.8 Å². The molecule has 4 aromatic rings. The molecule has 3 heterocycles. The van der Waals surface area contributed by atoms with Crippen LogP contribution in [0.1, 0.15) is 38.7 Å². The van der Waals surface area contributed by atoms with Gasteiger partial charge >= 0.3 is 0 Å². The molecule has 2 unspecified atom stereocenters. The van der Waals surface area contributed by atoms with Gasteiger partial charge in [0.2, 0.25) is 0 Å². The summed E-state index contributed by atoms with van der Waals surface area (Å²) in [6.45, 7) is 2.12. The summed E-state index contributed by atoms with van der Waals surface area (Å²) >= 11 is 1.56. The molecule has 0 radical (unpaired) electrons. The van der Waals surface area contributed by atoms with E-state index in [0.717, 1.165) is 34.9 Å². The first-order valence-electron chi connectivity index (χ1n) is 13.9. The number of thioether (sulfide) groups is 1. The molecule has 3 aromatic carbocycles. The number of benzene rings is 3. The molecule has 0 aliphatic carbocycles. The fourth-order valence-electron chi connectivity index (χ4n) is 6.03. The van der Waals surface area contributed by atoms with Crippen LogP contribution in [0.3, 0.4) is 0 Å². The van der Waals surface area contributed by atoms with E-state index >= 15 is 0 Å². The fourth-order valence-corrected chi connectivity index (χ4v) is 6.58. The van der Waals surface area contributed by atoms with Gasteiger partial charge in [-0.1, -0.05) is 18.2 Å². The zero-order chi connectivity index (χ0) is 29.2. The van der Waals surface area contributed by atoms with Crippen molar-refractivity contribution in [2.24, 2.45) is 5.92 Å². The van der Waals surface area contributed by atoms with Crippen molar-refractivity contribution in [3.8, 4) is 5.75 Å². The van der Waals surface area contributed by atoms with Crippen LogP contribution in [-0.4, -0.2) is 42.8 Å². The zero-order valence-corrected chi connectivity index (χ0v) is 24.3. The second kappa shape index (κ2) is 11.8. The van der Waals surface area contributed by atoms with Crippen molar-refractivity contribution in [3.05, 3.63) is 112 Å². The Morgan fingerprint density at radius 2 is 1.57 bits per heavy atom. The molecule has 0 saturated carbocycles. The first kappa shape index (κ1) is 27.7. The number of nitrogens with zero attached hydrogens (tertiary/aromatic N) is 2. The maximum atomic E-state index is 13.4. The Kier molecular flexibility index (Phi) is 7.75. The Morgan fingerprint density at radius 3 is 2.36 bits per heavy atom. The second-order valence-corrected chi connectivity index (χ2v) is 11.5. The molecular weight excluding hydrogens is 548 g/mol. The third kappa shape index (κ3) is 5.52. The lowest BCUT2D eigenvalue weighted by atomic mass is 9.83. The maximum absolute atomic E-state index is 13.4. The summed E-state index contributed by atoms with van der Waals surface area (Å²) in [5.74, 6) is 0.621. The van der Waals surface area contributed by atoms with Gasteiger partial charge in [-0.05, 0) is 79.3 Å². The van der Waals surface area contributed by atoms with Crippen LogP contribution in [0.4, 0.5) is 17.1 Å². The van der Waals surface area contributed by atoms with Crippen molar-refractivity contribution in [3.63, 3.8) is 0 Å². The van der Waals surface area contributed by atoms with Gasteiger partial charge in [0.25, 0.3) is 17.4 Å². The number of ether oxygens (including phenoxy) is 1. The van der Waals surface area contributed by atoms with Crippen molar-refractivity contribution >= 4 is 40.6 Å². The second-order valence-electron chi connectivity index (χ2n) is 10.7.